The van der Waals surface area contributed by atoms with Gasteiger partial charge in [0.05, 0.1) is 11.3 Å². The topological polar surface area (TPSA) is 83.7 Å². The molecule has 1 amide bonds. The van der Waals surface area contributed by atoms with Crippen molar-refractivity contribution in [1.82, 2.24) is 9.38 Å². The molecule has 25 heavy (non-hydrogen) atoms. The number of carbonyl (C=O) groups is 2. The second kappa shape index (κ2) is 6.39. The third kappa shape index (κ3) is 2.98. The summed E-state index contributed by atoms with van der Waals surface area (Å²) >= 11 is 0. The number of pyridine rings is 1. The Balaban J connectivity index is 2.05. The highest BCUT2D eigenvalue weighted by molar-refractivity contribution is 6.05. The van der Waals surface area contributed by atoms with Crippen LogP contribution in [0.5, 0.6) is 0 Å². The number of hydrogen-bond donors (Lipinski definition) is 2. The van der Waals surface area contributed by atoms with Gasteiger partial charge in [-0.2, -0.15) is 0 Å². The molecule has 2 heterocycles. The molecule has 0 bridgehead atoms. The van der Waals surface area contributed by atoms with Gasteiger partial charge in [-0.3, -0.25) is 9.20 Å². The Bertz CT molecular complexity index is 989. The number of aryl methyl sites for hydroxylation is 3. The summed E-state index contributed by atoms with van der Waals surface area (Å²) in [5, 5.41) is 12.0. The predicted molar refractivity (Wildman–Crippen MR) is 95.4 cm³/mol. The van der Waals surface area contributed by atoms with Crippen LogP contribution in [0.25, 0.3) is 5.65 Å². The van der Waals surface area contributed by atoms with Crippen LogP contribution in [0, 0.1) is 13.8 Å². The monoisotopic (exact) mass is 337 g/mol. The maximum atomic E-state index is 12.9. The first-order valence-electron chi connectivity index (χ1n) is 8.04. The summed E-state index contributed by atoms with van der Waals surface area (Å²) in [5.41, 5.74) is 4.32. The number of fused-ring (bicyclic) bond motifs is 1. The average Bonchev–Trinajstić information content (AvgIpc) is 2.96. The fourth-order valence-electron chi connectivity index (χ4n) is 2.81. The summed E-state index contributed by atoms with van der Waals surface area (Å²) in [6, 6.07) is 8.48. The lowest BCUT2D eigenvalue weighted by atomic mass is 10.1. The van der Waals surface area contributed by atoms with Crippen LogP contribution in [-0.4, -0.2) is 26.4 Å². The Kier molecular flexibility index (Phi) is 4.27. The minimum Gasteiger partial charge on any atom is -0.478 e. The molecular weight excluding hydrogens is 318 g/mol. The van der Waals surface area contributed by atoms with E-state index in [-0.39, 0.29) is 11.5 Å². The molecule has 0 spiro atoms. The molecule has 0 fully saturated rings. The molecule has 0 atom stereocenters. The Labute approximate surface area is 145 Å². The summed E-state index contributed by atoms with van der Waals surface area (Å²) in [6.45, 7) is 5.72. The zero-order chi connectivity index (χ0) is 18.1. The van der Waals surface area contributed by atoms with Crippen LogP contribution in [0.2, 0.25) is 0 Å². The number of rotatable bonds is 4. The molecule has 0 aliphatic rings. The van der Waals surface area contributed by atoms with Gasteiger partial charge in [-0.1, -0.05) is 19.1 Å². The number of carboxylic acid groups (broad SMARTS) is 1. The molecular formula is C19H19N3O3. The lowest BCUT2D eigenvalue weighted by Gasteiger charge is -2.10. The van der Waals surface area contributed by atoms with E-state index in [2.05, 4.69) is 10.3 Å². The summed E-state index contributed by atoms with van der Waals surface area (Å²) < 4.78 is 1.78. The minimum absolute atomic E-state index is 0.130. The van der Waals surface area contributed by atoms with Crippen molar-refractivity contribution in [1.29, 1.82) is 0 Å². The highest BCUT2D eigenvalue weighted by Crippen LogP contribution is 2.21. The molecule has 0 saturated heterocycles. The Morgan fingerprint density at radius 1 is 1.20 bits per heavy atom. The molecule has 3 aromatic rings. The quantitative estimate of drug-likeness (QED) is 0.763. The van der Waals surface area contributed by atoms with Crippen molar-refractivity contribution in [2.45, 2.75) is 27.2 Å². The first kappa shape index (κ1) is 16.7. The van der Waals surface area contributed by atoms with E-state index >= 15 is 0 Å². The fourth-order valence-corrected chi connectivity index (χ4v) is 2.81. The van der Waals surface area contributed by atoms with Gasteiger partial charge in [0.25, 0.3) is 5.91 Å². The van der Waals surface area contributed by atoms with Gasteiger partial charge in [-0.15, -0.1) is 0 Å². The Hall–Kier alpha value is -3.15. The SMILES string of the molecule is CCc1nc2c(C)cccn2c1C(=O)Nc1cc(C(=O)O)ccc1C. The maximum Gasteiger partial charge on any atom is 0.335 e. The van der Waals surface area contributed by atoms with E-state index in [1.807, 2.05) is 39.1 Å². The summed E-state index contributed by atoms with van der Waals surface area (Å²) in [5.74, 6) is -1.34. The third-order valence-electron chi connectivity index (χ3n) is 4.20. The maximum absolute atomic E-state index is 12.9. The lowest BCUT2D eigenvalue weighted by Crippen LogP contribution is -2.17. The van der Waals surface area contributed by atoms with Crippen LogP contribution in [0.1, 0.15) is 44.6 Å². The molecule has 1 aromatic carbocycles. The van der Waals surface area contributed by atoms with Gasteiger partial charge in [0.15, 0.2) is 0 Å². The van der Waals surface area contributed by atoms with Crippen molar-refractivity contribution < 1.29 is 14.7 Å². The largest absolute Gasteiger partial charge is 0.478 e. The van der Waals surface area contributed by atoms with Crippen LogP contribution in [0.3, 0.4) is 0 Å². The minimum atomic E-state index is -1.03. The van der Waals surface area contributed by atoms with Crippen molar-refractivity contribution in [3.8, 4) is 0 Å². The molecule has 6 nitrogen and oxygen atoms in total. The number of benzene rings is 1. The van der Waals surface area contributed by atoms with Gasteiger partial charge in [0.1, 0.15) is 11.3 Å². The van der Waals surface area contributed by atoms with Gasteiger partial charge in [0.2, 0.25) is 0 Å². The van der Waals surface area contributed by atoms with Crippen LogP contribution in [-0.2, 0) is 6.42 Å². The first-order valence-corrected chi connectivity index (χ1v) is 8.04. The van der Waals surface area contributed by atoms with E-state index in [1.54, 1.807) is 10.5 Å². The van der Waals surface area contributed by atoms with E-state index in [0.717, 1.165) is 16.8 Å². The number of hydrogen-bond acceptors (Lipinski definition) is 3. The van der Waals surface area contributed by atoms with Crippen molar-refractivity contribution in [2.75, 3.05) is 5.32 Å². The number of aromatic carboxylic acids is 1. The summed E-state index contributed by atoms with van der Waals surface area (Å²) in [4.78, 5) is 28.6. The molecule has 0 aliphatic heterocycles. The number of nitrogens with zero attached hydrogens (tertiary/aromatic N) is 2. The van der Waals surface area contributed by atoms with Crippen LogP contribution in [0.15, 0.2) is 36.5 Å². The van der Waals surface area contributed by atoms with E-state index in [0.29, 0.717) is 23.5 Å². The number of nitrogens with one attached hydrogen (secondary N) is 1. The van der Waals surface area contributed by atoms with Crippen molar-refractivity contribution in [3.05, 3.63) is 64.6 Å². The highest BCUT2D eigenvalue weighted by Gasteiger charge is 2.20. The molecule has 2 N–H and O–H groups in total. The van der Waals surface area contributed by atoms with E-state index in [4.69, 9.17) is 5.11 Å². The number of aromatic nitrogens is 2. The smallest absolute Gasteiger partial charge is 0.335 e. The molecule has 0 radical (unpaired) electrons. The number of amides is 1. The zero-order valence-corrected chi connectivity index (χ0v) is 14.3. The van der Waals surface area contributed by atoms with Crippen LogP contribution >= 0.6 is 0 Å². The Morgan fingerprint density at radius 3 is 2.64 bits per heavy atom. The second-order valence-corrected chi connectivity index (χ2v) is 5.93. The average molecular weight is 337 g/mol. The fraction of sp³-hybridized carbons (Fsp3) is 0.211. The van der Waals surface area contributed by atoms with Gasteiger partial charge in [-0.05, 0) is 49.6 Å². The number of carboxylic acids is 1. The van der Waals surface area contributed by atoms with Gasteiger partial charge in [0, 0.05) is 11.9 Å². The van der Waals surface area contributed by atoms with Gasteiger partial charge >= 0.3 is 5.97 Å². The number of imidazole rings is 1. The third-order valence-corrected chi connectivity index (χ3v) is 4.20. The van der Waals surface area contributed by atoms with Gasteiger partial charge in [-0.25, -0.2) is 9.78 Å². The van der Waals surface area contributed by atoms with E-state index in [9.17, 15) is 9.59 Å². The van der Waals surface area contributed by atoms with E-state index in [1.165, 1.54) is 12.1 Å². The first-order chi connectivity index (χ1) is 11.9. The molecule has 3 rings (SSSR count). The molecule has 0 saturated carbocycles. The highest BCUT2D eigenvalue weighted by atomic mass is 16.4. The standard InChI is InChI=1S/C19H19N3O3/c1-4-14-16(22-9-5-6-12(3)17(22)20-14)18(23)21-15-10-13(19(24)25)8-7-11(15)2/h5-10H,4H2,1-3H3,(H,21,23)(H,24,25). The number of anilines is 1. The van der Waals surface area contributed by atoms with Crippen LogP contribution < -0.4 is 5.32 Å². The zero-order valence-electron chi connectivity index (χ0n) is 14.3. The van der Waals surface area contributed by atoms with E-state index < -0.39 is 5.97 Å². The predicted octanol–water partition coefficient (Wildman–Crippen LogP) is 3.46. The molecule has 2 aromatic heterocycles. The summed E-state index contributed by atoms with van der Waals surface area (Å²) in [7, 11) is 0. The molecule has 0 unspecified atom stereocenters. The summed E-state index contributed by atoms with van der Waals surface area (Å²) in [6.07, 6.45) is 2.43. The molecule has 6 heteroatoms. The van der Waals surface area contributed by atoms with Crippen molar-refractivity contribution >= 4 is 23.2 Å². The molecule has 128 valence electrons. The normalized spacial score (nSPS) is 10.8. The van der Waals surface area contributed by atoms with Crippen molar-refractivity contribution in [3.63, 3.8) is 0 Å². The van der Waals surface area contributed by atoms with Crippen molar-refractivity contribution in [2.24, 2.45) is 0 Å². The van der Waals surface area contributed by atoms with Crippen LogP contribution in [0.4, 0.5) is 5.69 Å². The van der Waals surface area contributed by atoms with Gasteiger partial charge < -0.3 is 10.4 Å². The molecule has 0 aliphatic carbocycles. The lowest BCUT2D eigenvalue weighted by molar-refractivity contribution is 0.0696. The Morgan fingerprint density at radius 2 is 1.96 bits per heavy atom. The number of carbonyl (C=O) groups excluding carboxylic acids is 1. The second-order valence-electron chi connectivity index (χ2n) is 5.93.